The summed E-state index contributed by atoms with van der Waals surface area (Å²) in [6, 6.07) is 10.2. The SMILES string of the molecule is Cc1c(Cl)cccc1N(/N=C/c1ccccc1[N+](=O)[O-])C(N)=O. The third-order valence-corrected chi connectivity index (χ3v) is 3.53. The summed E-state index contributed by atoms with van der Waals surface area (Å²) in [4.78, 5) is 22.1. The first kappa shape index (κ1) is 16.4. The monoisotopic (exact) mass is 332 g/mol. The number of carbonyl (C=O) groups excluding carboxylic acids is 1. The van der Waals surface area contributed by atoms with Crippen LogP contribution in [0.15, 0.2) is 47.6 Å². The minimum atomic E-state index is -0.829. The van der Waals surface area contributed by atoms with E-state index in [1.165, 1.54) is 18.3 Å². The van der Waals surface area contributed by atoms with Gasteiger partial charge in [-0.1, -0.05) is 29.8 Å². The van der Waals surface area contributed by atoms with Crippen molar-refractivity contribution in [3.8, 4) is 0 Å². The molecule has 0 fully saturated rings. The topological polar surface area (TPSA) is 102 Å². The summed E-state index contributed by atoms with van der Waals surface area (Å²) >= 11 is 6.03. The quantitative estimate of drug-likeness (QED) is 0.526. The molecule has 2 aromatic carbocycles. The first-order valence-corrected chi connectivity index (χ1v) is 6.91. The van der Waals surface area contributed by atoms with Crippen molar-refractivity contribution >= 4 is 35.2 Å². The Morgan fingerprint density at radius 2 is 2.00 bits per heavy atom. The fourth-order valence-electron chi connectivity index (χ4n) is 1.95. The average molecular weight is 333 g/mol. The Morgan fingerprint density at radius 3 is 2.65 bits per heavy atom. The molecular weight excluding hydrogens is 320 g/mol. The van der Waals surface area contributed by atoms with Gasteiger partial charge in [-0.25, -0.2) is 4.79 Å². The maximum Gasteiger partial charge on any atom is 0.340 e. The van der Waals surface area contributed by atoms with E-state index in [1.54, 1.807) is 37.3 Å². The van der Waals surface area contributed by atoms with E-state index in [-0.39, 0.29) is 11.3 Å². The second-order valence-corrected chi connectivity index (χ2v) is 5.00. The van der Waals surface area contributed by atoms with Gasteiger partial charge in [0.15, 0.2) is 0 Å². The molecule has 0 unspecified atom stereocenters. The van der Waals surface area contributed by atoms with Crippen LogP contribution in [-0.2, 0) is 0 Å². The minimum Gasteiger partial charge on any atom is -0.350 e. The van der Waals surface area contributed by atoms with Crippen molar-refractivity contribution < 1.29 is 9.72 Å². The van der Waals surface area contributed by atoms with E-state index in [1.807, 2.05) is 0 Å². The van der Waals surface area contributed by atoms with Gasteiger partial charge in [-0.2, -0.15) is 10.1 Å². The van der Waals surface area contributed by atoms with Gasteiger partial charge in [0.25, 0.3) is 5.69 Å². The number of rotatable bonds is 4. The number of hydrazone groups is 1. The number of anilines is 1. The summed E-state index contributed by atoms with van der Waals surface area (Å²) in [5.41, 5.74) is 6.50. The van der Waals surface area contributed by atoms with Gasteiger partial charge < -0.3 is 5.73 Å². The molecule has 0 aliphatic heterocycles. The molecule has 8 heteroatoms. The van der Waals surface area contributed by atoms with Gasteiger partial charge in [0.1, 0.15) is 0 Å². The van der Waals surface area contributed by atoms with E-state index in [0.717, 1.165) is 5.01 Å². The van der Waals surface area contributed by atoms with Crippen molar-refractivity contribution in [1.29, 1.82) is 0 Å². The molecule has 0 aliphatic carbocycles. The van der Waals surface area contributed by atoms with Gasteiger partial charge in [0.05, 0.1) is 22.4 Å². The first-order chi connectivity index (χ1) is 10.9. The number of primary amides is 1. The zero-order valence-corrected chi connectivity index (χ0v) is 12.9. The minimum absolute atomic E-state index is 0.122. The summed E-state index contributed by atoms with van der Waals surface area (Å²) in [5, 5.41) is 16.4. The van der Waals surface area contributed by atoms with Crippen LogP contribution in [0.4, 0.5) is 16.2 Å². The Labute approximate surface area is 137 Å². The van der Waals surface area contributed by atoms with Crippen LogP contribution in [0.1, 0.15) is 11.1 Å². The smallest absolute Gasteiger partial charge is 0.340 e. The number of amides is 2. The number of carbonyl (C=O) groups is 1. The number of halogens is 1. The standard InChI is InChI=1S/C15H13ClN4O3/c1-10-12(16)6-4-8-13(10)19(15(17)21)18-9-11-5-2-3-7-14(11)20(22)23/h2-9H,1H3,(H2,17,21)/b18-9+. The number of para-hydroxylation sites is 1. The molecule has 0 heterocycles. The number of benzene rings is 2. The molecule has 0 saturated heterocycles. The van der Waals surface area contributed by atoms with Crippen molar-refractivity contribution in [3.63, 3.8) is 0 Å². The molecule has 0 atom stereocenters. The molecule has 0 saturated carbocycles. The van der Waals surface area contributed by atoms with Crippen molar-refractivity contribution in [3.05, 3.63) is 68.7 Å². The zero-order valence-electron chi connectivity index (χ0n) is 12.1. The Kier molecular flexibility index (Phi) is 4.92. The molecular formula is C15H13ClN4O3. The van der Waals surface area contributed by atoms with Gasteiger partial charge >= 0.3 is 6.03 Å². The van der Waals surface area contributed by atoms with Gasteiger partial charge in [-0.05, 0) is 30.7 Å². The normalized spacial score (nSPS) is 10.7. The molecule has 0 aliphatic rings. The predicted molar refractivity (Wildman–Crippen MR) is 88.9 cm³/mol. The fourth-order valence-corrected chi connectivity index (χ4v) is 2.12. The zero-order chi connectivity index (χ0) is 17.0. The van der Waals surface area contributed by atoms with Gasteiger partial charge in [0, 0.05) is 11.1 Å². The fraction of sp³-hybridized carbons (Fsp3) is 0.0667. The molecule has 2 rings (SSSR count). The maximum absolute atomic E-state index is 11.7. The highest BCUT2D eigenvalue weighted by Crippen LogP contribution is 2.27. The summed E-state index contributed by atoms with van der Waals surface area (Å²) in [6.07, 6.45) is 1.21. The summed E-state index contributed by atoms with van der Waals surface area (Å²) in [7, 11) is 0. The van der Waals surface area contributed by atoms with E-state index >= 15 is 0 Å². The molecule has 23 heavy (non-hydrogen) atoms. The third-order valence-electron chi connectivity index (χ3n) is 3.12. The summed E-state index contributed by atoms with van der Waals surface area (Å²) < 4.78 is 0. The van der Waals surface area contributed by atoms with Crippen molar-refractivity contribution in [2.75, 3.05) is 5.01 Å². The van der Waals surface area contributed by atoms with E-state index in [9.17, 15) is 14.9 Å². The second-order valence-electron chi connectivity index (χ2n) is 4.59. The predicted octanol–water partition coefficient (Wildman–Crippen LogP) is 3.48. The molecule has 0 spiro atoms. The number of nitrogens with zero attached hydrogens (tertiary/aromatic N) is 3. The molecule has 0 bridgehead atoms. The molecule has 0 radical (unpaired) electrons. The highest BCUT2D eigenvalue weighted by Gasteiger charge is 2.16. The summed E-state index contributed by atoms with van der Waals surface area (Å²) in [6.45, 7) is 1.72. The van der Waals surface area contributed by atoms with Crippen LogP contribution in [-0.4, -0.2) is 17.2 Å². The van der Waals surface area contributed by atoms with Crippen molar-refractivity contribution in [2.45, 2.75) is 6.92 Å². The van der Waals surface area contributed by atoms with Crippen LogP contribution < -0.4 is 10.7 Å². The highest BCUT2D eigenvalue weighted by atomic mass is 35.5. The molecule has 7 nitrogen and oxygen atoms in total. The lowest BCUT2D eigenvalue weighted by atomic mass is 10.2. The number of hydrogen-bond donors (Lipinski definition) is 1. The second kappa shape index (κ2) is 6.89. The molecule has 0 aromatic heterocycles. The maximum atomic E-state index is 11.7. The Morgan fingerprint density at radius 1 is 1.30 bits per heavy atom. The Hall–Kier alpha value is -2.93. The molecule has 118 valence electrons. The van der Waals surface area contributed by atoms with E-state index in [2.05, 4.69) is 5.10 Å². The van der Waals surface area contributed by atoms with Crippen LogP contribution in [0, 0.1) is 17.0 Å². The van der Waals surface area contributed by atoms with Crippen LogP contribution in [0.2, 0.25) is 5.02 Å². The largest absolute Gasteiger partial charge is 0.350 e. The number of nitro groups is 1. The lowest BCUT2D eigenvalue weighted by Crippen LogP contribution is -2.31. The Balaban J connectivity index is 2.44. The third kappa shape index (κ3) is 3.64. The van der Waals surface area contributed by atoms with E-state index < -0.39 is 11.0 Å². The van der Waals surface area contributed by atoms with Crippen LogP contribution in [0.3, 0.4) is 0 Å². The van der Waals surface area contributed by atoms with E-state index in [0.29, 0.717) is 16.3 Å². The number of nitrogens with two attached hydrogens (primary N) is 1. The van der Waals surface area contributed by atoms with Gasteiger partial charge in [-0.15, -0.1) is 0 Å². The average Bonchev–Trinajstić information content (AvgIpc) is 2.51. The van der Waals surface area contributed by atoms with Gasteiger partial charge in [-0.3, -0.25) is 10.1 Å². The highest BCUT2D eigenvalue weighted by molar-refractivity contribution is 6.31. The van der Waals surface area contributed by atoms with Crippen LogP contribution in [0.5, 0.6) is 0 Å². The lowest BCUT2D eigenvalue weighted by Gasteiger charge is -2.17. The van der Waals surface area contributed by atoms with Crippen LogP contribution >= 0.6 is 11.6 Å². The first-order valence-electron chi connectivity index (χ1n) is 6.54. The van der Waals surface area contributed by atoms with Crippen LogP contribution in [0.25, 0.3) is 0 Å². The van der Waals surface area contributed by atoms with Crippen molar-refractivity contribution in [1.82, 2.24) is 0 Å². The Bertz CT molecular complexity index is 792. The molecule has 2 amide bonds. The molecule has 2 N–H and O–H groups in total. The number of nitro benzene ring substituents is 1. The number of hydrogen-bond acceptors (Lipinski definition) is 4. The van der Waals surface area contributed by atoms with Crippen molar-refractivity contribution in [2.24, 2.45) is 10.8 Å². The molecule has 2 aromatic rings. The summed E-state index contributed by atoms with van der Waals surface area (Å²) in [5.74, 6) is 0. The van der Waals surface area contributed by atoms with Gasteiger partial charge in [0.2, 0.25) is 0 Å². The lowest BCUT2D eigenvalue weighted by molar-refractivity contribution is -0.385. The number of urea groups is 1. The van der Waals surface area contributed by atoms with E-state index in [4.69, 9.17) is 17.3 Å².